The maximum absolute atomic E-state index is 12.8. The number of amidine groups is 1. The van der Waals surface area contributed by atoms with Gasteiger partial charge in [0, 0.05) is 4.75 Å². The van der Waals surface area contributed by atoms with Gasteiger partial charge in [0.25, 0.3) is 5.91 Å². The third kappa shape index (κ3) is 3.19. The van der Waals surface area contributed by atoms with Crippen LogP contribution in [0.1, 0.15) is 25.8 Å². The summed E-state index contributed by atoms with van der Waals surface area (Å²) in [5, 5.41) is 5.19. The number of β-lactam (4-membered cyclic amide) rings is 1. The van der Waals surface area contributed by atoms with Crippen molar-refractivity contribution in [2.45, 2.75) is 48.9 Å². The van der Waals surface area contributed by atoms with Crippen molar-refractivity contribution in [3.8, 4) is 0 Å². The highest BCUT2D eigenvalue weighted by Gasteiger charge is 2.63. The zero-order valence-electron chi connectivity index (χ0n) is 15.5. The van der Waals surface area contributed by atoms with Crippen LogP contribution in [0.2, 0.25) is 0 Å². The van der Waals surface area contributed by atoms with Crippen molar-refractivity contribution in [3.05, 3.63) is 35.9 Å². The van der Waals surface area contributed by atoms with E-state index in [0.717, 1.165) is 5.56 Å². The number of thioether (sulfide) groups is 1. The molecule has 4 rings (SSSR count). The lowest BCUT2D eigenvalue weighted by Crippen LogP contribution is -2.71. The maximum atomic E-state index is 12.8. The summed E-state index contributed by atoms with van der Waals surface area (Å²) in [6, 6.07) is 8.17. The molecule has 1 aromatic carbocycles. The topological polar surface area (TPSA) is 108 Å². The number of aliphatic imine (C=N–C) groups is 1. The van der Waals surface area contributed by atoms with Crippen LogP contribution in [0.25, 0.3) is 0 Å². The Balaban J connectivity index is 1.48. The second-order valence-corrected chi connectivity index (χ2v) is 9.35. The van der Waals surface area contributed by atoms with Crippen molar-refractivity contribution in [1.82, 2.24) is 15.5 Å². The zero-order chi connectivity index (χ0) is 20.1. The molecule has 2 fully saturated rings. The zero-order valence-corrected chi connectivity index (χ0v) is 16.3. The van der Waals surface area contributed by atoms with Crippen molar-refractivity contribution in [3.63, 3.8) is 0 Å². The van der Waals surface area contributed by atoms with E-state index in [1.165, 1.54) is 11.8 Å². The average Bonchev–Trinajstić information content (AvgIpc) is 2.88. The second kappa shape index (κ2) is 6.73. The Hall–Kier alpha value is -2.68. The fraction of sp³-hybridized carbons (Fsp3) is 0.421. The Morgan fingerprint density at radius 1 is 1.29 bits per heavy atom. The van der Waals surface area contributed by atoms with Crippen molar-refractivity contribution < 1.29 is 19.2 Å². The number of carbonyl (C=O) groups excluding carboxylic acids is 4. The summed E-state index contributed by atoms with van der Waals surface area (Å²) >= 11 is 1.53. The molecule has 2 unspecified atom stereocenters. The Kier molecular flexibility index (Phi) is 4.49. The number of fused-ring (bicyclic) bond motifs is 1. The molecule has 0 saturated carbocycles. The molecule has 1 aromatic rings. The lowest BCUT2D eigenvalue weighted by atomic mass is 9.94. The number of amides is 4. The molecule has 146 valence electrons. The van der Waals surface area contributed by atoms with Crippen LogP contribution in [0, 0.1) is 0 Å². The van der Waals surface area contributed by atoms with Crippen molar-refractivity contribution in [1.29, 1.82) is 0 Å². The van der Waals surface area contributed by atoms with E-state index in [2.05, 4.69) is 15.6 Å². The van der Waals surface area contributed by atoms with Crippen LogP contribution in [-0.4, -0.2) is 56.6 Å². The highest BCUT2D eigenvalue weighted by molar-refractivity contribution is 8.01. The molecule has 0 bridgehead atoms. The van der Waals surface area contributed by atoms with Crippen LogP contribution in [0.4, 0.5) is 0 Å². The number of rotatable bonds is 4. The summed E-state index contributed by atoms with van der Waals surface area (Å²) in [6.07, 6.45) is -0.0779. The molecule has 2 saturated heterocycles. The van der Waals surface area contributed by atoms with Gasteiger partial charge >= 0.3 is 0 Å². The van der Waals surface area contributed by atoms with Gasteiger partial charge in [-0.3, -0.25) is 19.2 Å². The summed E-state index contributed by atoms with van der Waals surface area (Å²) in [5.74, 6) is -1.17. The summed E-state index contributed by atoms with van der Waals surface area (Å²) in [6.45, 7) is 3.87. The Labute approximate surface area is 166 Å². The van der Waals surface area contributed by atoms with E-state index in [9.17, 15) is 19.2 Å². The lowest BCUT2D eigenvalue weighted by Gasteiger charge is -2.45. The normalized spacial score (nSPS) is 28.2. The molecular formula is C19H20N4O4S. The maximum Gasteiger partial charge on any atom is 0.256 e. The van der Waals surface area contributed by atoms with Gasteiger partial charge in [-0.1, -0.05) is 30.3 Å². The Bertz CT molecular complexity index is 898. The summed E-state index contributed by atoms with van der Waals surface area (Å²) in [4.78, 5) is 54.2. The molecule has 28 heavy (non-hydrogen) atoms. The summed E-state index contributed by atoms with van der Waals surface area (Å²) in [5.41, 5.74) is 0.874. The van der Waals surface area contributed by atoms with Gasteiger partial charge in [0.2, 0.25) is 17.7 Å². The molecule has 0 aliphatic carbocycles. The first-order chi connectivity index (χ1) is 13.3. The highest BCUT2D eigenvalue weighted by Crippen LogP contribution is 2.51. The number of nitrogens with one attached hydrogen (secondary N) is 2. The largest absolute Gasteiger partial charge is 0.341 e. The van der Waals surface area contributed by atoms with E-state index < -0.39 is 28.6 Å². The van der Waals surface area contributed by atoms with Gasteiger partial charge in [-0.2, -0.15) is 4.99 Å². The predicted molar refractivity (Wildman–Crippen MR) is 103 cm³/mol. The van der Waals surface area contributed by atoms with Crippen molar-refractivity contribution in [2.24, 2.45) is 4.99 Å². The fourth-order valence-electron chi connectivity index (χ4n) is 3.85. The van der Waals surface area contributed by atoms with Crippen LogP contribution in [0.3, 0.4) is 0 Å². The van der Waals surface area contributed by atoms with Crippen molar-refractivity contribution >= 4 is 41.2 Å². The molecule has 0 aromatic heterocycles. The summed E-state index contributed by atoms with van der Waals surface area (Å²) in [7, 11) is 0. The molecular weight excluding hydrogens is 380 g/mol. The monoisotopic (exact) mass is 400 g/mol. The SMILES string of the molecule is CC1(C)S[C@H]2C(NC(=O)Cc3ccccc3)C(=O)N2C1C1=NC(=O)CC(=O)N1. The highest BCUT2D eigenvalue weighted by atomic mass is 32.2. The number of benzene rings is 1. The van der Waals surface area contributed by atoms with E-state index in [1.807, 2.05) is 44.2 Å². The second-order valence-electron chi connectivity index (χ2n) is 7.58. The first-order valence-corrected chi connectivity index (χ1v) is 9.89. The molecule has 0 spiro atoms. The van der Waals surface area contributed by atoms with E-state index in [0.29, 0.717) is 0 Å². The number of nitrogens with zero attached hydrogens (tertiary/aromatic N) is 2. The first kappa shape index (κ1) is 18.7. The fourth-order valence-corrected chi connectivity index (χ4v) is 5.49. The third-order valence-corrected chi connectivity index (χ3v) is 6.62. The first-order valence-electron chi connectivity index (χ1n) is 9.01. The molecule has 4 amide bonds. The Morgan fingerprint density at radius 3 is 2.68 bits per heavy atom. The molecule has 0 radical (unpaired) electrons. The van der Waals surface area contributed by atoms with E-state index in [4.69, 9.17) is 0 Å². The molecule has 3 aliphatic rings. The van der Waals surface area contributed by atoms with E-state index >= 15 is 0 Å². The number of hydrogen-bond acceptors (Lipinski definition) is 5. The van der Waals surface area contributed by atoms with Crippen molar-refractivity contribution in [2.75, 3.05) is 0 Å². The Morgan fingerprint density at radius 2 is 2.00 bits per heavy atom. The number of hydrogen-bond donors (Lipinski definition) is 2. The van der Waals surface area contributed by atoms with Crippen LogP contribution in [0.15, 0.2) is 35.3 Å². The van der Waals surface area contributed by atoms with Gasteiger partial charge in [0.05, 0.1) is 6.42 Å². The number of carbonyl (C=O) groups is 4. The average molecular weight is 400 g/mol. The van der Waals surface area contributed by atoms with Crippen LogP contribution < -0.4 is 10.6 Å². The van der Waals surface area contributed by atoms with E-state index in [-0.39, 0.29) is 35.9 Å². The van der Waals surface area contributed by atoms with Crippen LogP contribution in [0.5, 0.6) is 0 Å². The van der Waals surface area contributed by atoms with Gasteiger partial charge in [-0.25, -0.2) is 0 Å². The molecule has 2 N–H and O–H groups in total. The lowest BCUT2D eigenvalue weighted by molar-refractivity contribution is -0.149. The minimum atomic E-state index is -0.624. The third-order valence-electron chi connectivity index (χ3n) is 5.05. The smallest absolute Gasteiger partial charge is 0.256 e. The van der Waals surface area contributed by atoms with Gasteiger partial charge < -0.3 is 15.5 Å². The minimum Gasteiger partial charge on any atom is -0.341 e. The molecule has 3 heterocycles. The van der Waals surface area contributed by atoms with E-state index in [1.54, 1.807) is 4.90 Å². The van der Waals surface area contributed by atoms with Gasteiger partial charge in [0.1, 0.15) is 29.7 Å². The minimum absolute atomic E-state index is 0.200. The summed E-state index contributed by atoms with van der Waals surface area (Å²) < 4.78 is -0.469. The molecule has 8 nitrogen and oxygen atoms in total. The molecule has 9 heteroatoms. The van der Waals surface area contributed by atoms with Crippen LogP contribution >= 0.6 is 11.8 Å². The quantitative estimate of drug-likeness (QED) is 0.555. The van der Waals surface area contributed by atoms with Gasteiger partial charge in [-0.05, 0) is 19.4 Å². The van der Waals surface area contributed by atoms with Gasteiger partial charge in [0.15, 0.2) is 0 Å². The standard InChI is InChI=1S/C19H20N4O4S/c1-19(2)15(16-21-12(25)9-13(26)22-16)23-17(27)14(18(23)28-19)20-11(24)8-10-6-4-3-5-7-10/h3-7,14-15,18H,8-9H2,1-2H3,(H,20,24)(H,21,22,25,26)/t14?,15?,18-/m0/s1. The van der Waals surface area contributed by atoms with Gasteiger partial charge in [-0.15, -0.1) is 11.8 Å². The van der Waals surface area contributed by atoms with Crippen LogP contribution in [-0.2, 0) is 25.6 Å². The predicted octanol–water partition coefficient (Wildman–Crippen LogP) is 0.221. The molecule has 3 aliphatic heterocycles. The molecule has 3 atom stereocenters.